The molecular weight excluding hydrogens is 387 g/mol. The van der Waals surface area contributed by atoms with Gasteiger partial charge >= 0.3 is 0 Å². The number of alkyl halides is 1. The third kappa shape index (κ3) is 3.12. The summed E-state index contributed by atoms with van der Waals surface area (Å²) < 4.78 is 22.7. The van der Waals surface area contributed by atoms with Crippen LogP contribution in [0.3, 0.4) is 0 Å². The Bertz CT molecular complexity index is 1310. The fraction of sp³-hybridized carbons (Fsp3) is 0.286. The van der Waals surface area contributed by atoms with Crippen molar-refractivity contribution in [1.82, 2.24) is 29.2 Å². The molecule has 152 valence electrons. The molecule has 1 saturated carbocycles. The third-order valence-corrected chi connectivity index (χ3v) is 5.44. The van der Waals surface area contributed by atoms with Crippen molar-refractivity contribution in [1.29, 1.82) is 0 Å². The van der Waals surface area contributed by atoms with E-state index in [0.717, 1.165) is 11.1 Å². The van der Waals surface area contributed by atoms with E-state index in [4.69, 9.17) is 4.52 Å². The second-order valence-corrected chi connectivity index (χ2v) is 7.51. The Morgan fingerprint density at radius 3 is 2.80 bits per heavy atom. The van der Waals surface area contributed by atoms with E-state index >= 15 is 0 Å². The fourth-order valence-electron chi connectivity index (χ4n) is 3.69. The van der Waals surface area contributed by atoms with Gasteiger partial charge in [0.2, 0.25) is 5.89 Å². The highest BCUT2D eigenvalue weighted by Crippen LogP contribution is 2.51. The Morgan fingerprint density at radius 2 is 2.00 bits per heavy atom. The smallest absolute Gasteiger partial charge is 0.280 e. The minimum absolute atomic E-state index is 0.0627. The Balaban J connectivity index is 1.35. The molecule has 8 nitrogen and oxygen atoms in total. The lowest BCUT2D eigenvalue weighted by molar-refractivity contribution is 0.362. The van der Waals surface area contributed by atoms with E-state index in [1.807, 2.05) is 43.3 Å². The highest BCUT2D eigenvalue weighted by molar-refractivity contribution is 5.68. The number of aryl methyl sites for hydroxylation is 1. The van der Waals surface area contributed by atoms with Crippen LogP contribution in [0.4, 0.5) is 4.39 Å². The van der Waals surface area contributed by atoms with Crippen molar-refractivity contribution in [3.63, 3.8) is 0 Å². The van der Waals surface area contributed by atoms with Gasteiger partial charge in [-0.25, -0.2) is 14.4 Å². The van der Waals surface area contributed by atoms with Crippen LogP contribution in [0, 0.1) is 5.92 Å². The molecule has 1 aliphatic carbocycles. The van der Waals surface area contributed by atoms with Gasteiger partial charge in [-0.1, -0.05) is 41.6 Å². The number of hydrogen-bond donors (Lipinski definition) is 0. The Morgan fingerprint density at radius 1 is 1.23 bits per heavy atom. The van der Waals surface area contributed by atoms with Gasteiger partial charge in [0.25, 0.3) is 5.56 Å². The lowest BCUT2D eigenvalue weighted by atomic mass is 10.1. The molecule has 0 amide bonds. The maximum Gasteiger partial charge on any atom is 0.280 e. The average Bonchev–Trinajstić information content (AvgIpc) is 3.09. The van der Waals surface area contributed by atoms with Crippen molar-refractivity contribution in [2.45, 2.75) is 25.6 Å². The first-order chi connectivity index (χ1) is 14.5. The first-order valence-corrected chi connectivity index (χ1v) is 9.60. The molecule has 0 unspecified atom stereocenters. The van der Waals surface area contributed by atoms with Crippen molar-refractivity contribution in [2.75, 3.05) is 0 Å². The maximum atomic E-state index is 14.4. The van der Waals surface area contributed by atoms with Crippen LogP contribution >= 0.6 is 0 Å². The van der Waals surface area contributed by atoms with E-state index in [1.54, 1.807) is 11.6 Å². The zero-order valence-electron chi connectivity index (χ0n) is 16.4. The largest absolute Gasteiger partial charge is 0.337 e. The molecule has 0 radical (unpaired) electrons. The molecule has 5 rings (SSSR count). The molecule has 1 aromatic carbocycles. The summed E-state index contributed by atoms with van der Waals surface area (Å²) in [6, 6.07) is 9.84. The molecule has 4 aromatic rings. The van der Waals surface area contributed by atoms with Crippen molar-refractivity contribution >= 4 is 16.7 Å². The van der Waals surface area contributed by atoms with Crippen molar-refractivity contribution in [3.05, 3.63) is 76.7 Å². The summed E-state index contributed by atoms with van der Waals surface area (Å²) in [6.45, 7) is 2.03. The molecule has 9 heteroatoms. The lowest BCUT2D eigenvalue weighted by Gasteiger charge is -2.01. The average molecular weight is 406 g/mol. The summed E-state index contributed by atoms with van der Waals surface area (Å²) in [7, 11) is 1.73. The first-order valence-electron chi connectivity index (χ1n) is 9.60. The van der Waals surface area contributed by atoms with Crippen LogP contribution in [0.5, 0.6) is 0 Å². The van der Waals surface area contributed by atoms with E-state index in [1.165, 1.54) is 17.2 Å². The second kappa shape index (κ2) is 7.01. The van der Waals surface area contributed by atoms with Crippen molar-refractivity contribution in [3.8, 4) is 0 Å². The van der Waals surface area contributed by atoms with Crippen LogP contribution < -0.4 is 5.56 Å². The Kier molecular flexibility index (Phi) is 4.30. The van der Waals surface area contributed by atoms with Crippen molar-refractivity contribution < 1.29 is 8.91 Å². The molecule has 30 heavy (non-hydrogen) atoms. The van der Waals surface area contributed by atoms with Crippen LogP contribution in [-0.4, -0.2) is 35.4 Å². The van der Waals surface area contributed by atoms with Crippen LogP contribution in [-0.2, 0) is 13.6 Å². The number of rotatable bonds is 5. The summed E-state index contributed by atoms with van der Waals surface area (Å²) >= 11 is 0. The zero-order valence-corrected chi connectivity index (χ0v) is 16.4. The number of nitrogens with zero attached hydrogens (tertiary/aromatic N) is 6. The predicted octanol–water partition coefficient (Wildman–Crippen LogP) is 2.72. The highest BCUT2D eigenvalue weighted by atomic mass is 19.1. The molecule has 1 aliphatic rings. The van der Waals surface area contributed by atoms with Gasteiger partial charge in [0.1, 0.15) is 19.0 Å². The normalized spacial score (nSPS) is 21.3. The number of fused-ring (bicyclic) bond motifs is 1. The number of allylic oxidation sites excluding steroid dienone is 2. The third-order valence-electron chi connectivity index (χ3n) is 5.44. The first kappa shape index (κ1) is 18.4. The molecule has 3 heterocycles. The minimum atomic E-state index is -1.05. The molecular formula is C21H19FN6O2. The monoisotopic (exact) mass is 406 g/mol. The minimum Gasteiger partial charge on any atom is -0.337 e. The Hall–Kier alpha value is -3.62. The summed E-state index contributed by atoms with van der Waals surface area (Å²) in [5.74, 6) is -0.166. The van der Waals surface area contributed by atoms with Gasteiger partial charge in [-0.15, -0.1) is 0 Å². The van der Waals surface area contributed by atoms with Crippen LogP contribution in [0.1, 0.15) is 30.1 Å². The second-order valence-electron chi connectivity index (χ2n) is 7.51. The fourth-order valence-corrected chi connectivity index (χ4v) is 3.69. The number of hydrogen-bond acceptors (Lipinski definition) is 6. The van der Waals surface area contributed by atoms with Gasteiger partial charge < -0.3 is 9.09 Å². The van der Waals surface area contributed by atoms with E-state index in [-0.39, 0.29) is 23.9 Å². The SMILES string of the molecule is C/C(=C\[C@@H]1[C@H](F)[C@H]1c1noc(Cn2cnc3ncn(C)c3c2=O)n1)c1ccccc1. The summed E-state index contributed by atoms with van der Waals surface area (Å²) in [4.78, 5) is 25.2. The van der Waals surface area contributed by atoms with E-state index < -0.39 is 12.1 Å². The molecule has 0 spiro atoms. The summed E-state index contributed by atoms with van der Waals surface area (Å²) in [6.07, 6.45) is 3.80. The van der Waals surface area contributed by atoms with Gasteiger partial charge in [0.15, 0.2) is 17.0 Å². The van der Waals surface area contributed by atoms with Gasteiger partial charge in [0, 0.05) is 13.0 Å². The number of aromatic nitrogens is 6. The summed E-state index contributed by atoms with van der Waals surface area (Å²) in [5.41, 5.74) is 2.59. The molecule has 3 atom stereocenters. The molecule has 0 aliphatic heterocycles. The van der Waals surface area contributed by atoms with E-state index in [0.29, 0.717) is 17.0 Å². The van der Waals surface area contributed by atoms with Crippen LogP contribution in [0.2, 0.25) is 0 Å². The molecule has 0 saturated heterocycles. The number of halogens is 1. The number of benzene rings is 1. The van der Waals surface area contributed by atoms with E-state index in [2.05, 4.69) is 20.1 Å². The van der Waals surface area contributed by atoms with Crippen molar-refractivity contribution in [2.24, 2.45) is 13.0 Å². The molecule has 0 bridgehead atoms. The summed E-state index contributed by atoms with van der Waals surface area (Å²) in [5, 5.41) is 3.95. The molecule has 0 N–H and O–H groups in total. The maximum absolute atomic E-state index is 14.4. The predicted molar refractivity (Wildman–Crippen MR) is 107 cm³/mol. The molecule has 3 aromatic heterocycles. The topological polar surface area (TPSA) is 91.6 Å². The van der Waals surface area contributed by atoms with Crippen LogP contribution in [0.25, 0.3) is 16.7 Å². The zero-order chi connectivity index (χ0) is 20.8. The van der Waals surface area contributed by atoms with Gasteiger partial charge in [-0.3, -0.25) is 9.36 Å². The standard InChI is InChI=1S/C21H19FN6O2/c1-12(13-6-4-3-5-7-13)8-14-16(17(14)22)19-25-15(30-26-19)9-28-11-24-20-18(21(28)29)27(2)10-23-20/h3-8,10-11,14,16-17H,9H2,1-2H3/b12-8+/t14-,16-,17-/m0/s1. The van der Waals surface area contributed by atoms with E-state index in [9.17, 15) is 9.18 Å². The number of imidazole rings is 1. The van der Waals surface area contributed by atoms with Crippen LogP contribution in [0.15, 0.2) is 58.4 Å². The van der Waals surface area contributed by atoms with Gasteiger partial charge in [0.05, 0.1) is 12.2 Å². The lowest BCUT2D eigenvalue weighted by Crippen LogP contribution is -2.22. The quantitative estimate of drug-likeness (QED) is 0.506. The molecule has 1 fully saturated rings. The van der Waals surface area contributed by atoms with Gasteiger partial charge in [-0.05, 0) is 18.1 Å². The highest BCUT2D eigenvalue weighted by Gasteiger charge is 2.53. The Labute approximate surface area is 170 Å². The van der Waals surface area contributed by atoms with Gasteiger partial charge in [-0.2, -0.15) is 4.98 Å².